The molecule has 1 saturated heterocycles. The third-order valence-corrected chi connectivity index (χ3v) is 4.84. The highest BCUT2D eigenvalue weighted by Gasteiger charge is 2.36. The van der Waals surface area contributed by atoms with E-state index in [0.717, 1.165) is 16.7 Å². The summed E-state index contributed by atoms with van der Waals surface area (Å²) in [5.41, 5.74) is 1.05. The number of amides is 2. The Morgan fingerprint density at radius 2 is 1.81 bits per heavy atom. The predicted octanol–water partition coefficient (Wildman–Crippen LogP) is 5.14. The summed E-state index contributed by atoms with van der Waals surface area (Å²) in [6.45, 7) is -0.186. The highest BCUT2D eigenvalue weighted by molar-refractivity contribution is 8.19. The molecule has 8 heteroatoms. The van der Waals surface area contributed by atoms with E-state index in [1.807, 2.05) is 6.07 Å². The van der Waals surface area contributed by atoms with Crippen molar-refractivity contribution in [2.24, 2.45) is 0 Å². The average Bonchev–Trinajstić information content (AvgIpc) is 2.88. The van der Waals surface area contributed by atoms with Crippen LogP contribution in [0.1, 0.15) is 5.56 Å². The van der Waals surface area contributed by atoms with E-state index in [2.05, 4.69) is 0 Å². The van der Waals surface area contributed by atoms with Crippen LogP contribution in [0.4, 0.5) is 10.5 Å². The van der Waals surface area contributed by atoms with E-state index in [4.69, 9.17) is 33.2 Å². The summed E-state index contributed by atoms with van der Waals surface area (Å²) < 4.78 is 5.17. The zero-order valence-corrected chi connectivity index (χ0v) is 15.4. The summed E-state index contributed by atoms with van der Waals surface area (Å²) in [4.78, 5) is 26.2. The maximum atomic E-state index is 12.6. The summed E-state index contributed by atoms with van der Waals surface area (Å²) in [7, 11) is 0. The molecule has 0 bridgehead atoms. The highest BCUT2D eigenvalue weighted by atomic mass is 35.5. The number of hydrogen-bond donors (Lipinski definition) is 0. The maximum absolute atomic E-state index is 12.6. The summed E-state index contributed by atoms with van der Waals surface area (Å²) in [6, 6.07) is 13.6. The molecule has 1 aliphatic rings. The summed E-state index contributed by atoms with van der Waals surface area (Å²) in [5.74, 6) is -0.215. The van der Waals surface area contributed by atoms with Crippen LogP contribution in [0.15, 0.2) is 47.4 Å². The fourth-order valence-corrected chi connectivity index (χ4v) is 3.78. The minimum atomic E-state index is -0.414. The first-order valence-electron chi connectivity index (χ1n) is 7.33. The molecule has 0 aliphatic carbocycles. The number of benzene rings is 2. The Kier molecular flexibility index (Phi) is 5.52. The number of ether oxygens (including phenoxy) is 1. The van der Waals surface area contributed by atoms with Crippen LogP contribution >= 0.6 is 35.0 Å². The number of para-hydroxylation sites is 1. The second kappa shape index (κ2) is 7.83. The highest BCUT2D eigenvalue weighted by Crippen LogP contribution is 2.38. The first-order chi connectivity index (χ1) is 12.5. The van der Waals surface area contributed by atoms with Gasteiger partial charge in [0.1, 0.15) is 6.07 Å². The van der Waals surface area contributed by atoms with E-state index in [0.29, 0.717) is 11.3 Å². The second-order valence-corrected chi connectivity index (χ2v) is 6.92. The molecule has 26 heavy (non-hydrogen) atoms. The van der Waals surface area contributed by atoms with Crippen LogP contribution in [0.3, 0.4) is 0 Å². The monoisotopic (exact) mass is 404 g/mol. The number of thioether (sulfide) groups is 1. The third kappa shape index (κ3) is 3.70. The molecule has 0 aromatic heterocycles. The molecule has 1 heterocycles. The lowest BCUT2D eigenvalue weighted by Crippen LogP contribution is -2.27. The molecule has 3 rings (SSSR count). The zero-order valence-electron chi connectivity index (χ0n) is 13.1. The van der Waals surface area contributed by atoms with Crippen LogP contribution in [0, 0.1) is 11.3 Å². The smallest absolute Gasteiger partial charge is 0.298 e. The number of nitriles is 1. The van der Waals surface area contributed by atoms with E-state index in [1.165, 1.54) is 0 Å². The molecular weight excluding hydrogens is 395 g/mol. The zero-order chi connectivity index (χ0) is 18.7. The lowest BCUT2D eigenvalue weighted by Gasteiger charge is -2.11. The molecule has 2 aromatic rings. The minimum absolute atomic E-state index is 0.186. The number of carbonyl (C=O) groups is 2. The molecule has 2 amide bonds. The van der Waals surface area contributed by atoms with Gasteiger partial charge in [-0.3, -0.25) is 9.59 Å². The molecule has 0 saturated carbocycles. The van der Waals surface area contributed by atoms with Crippen LogP contribution in [0.5, 0.6) is 5.75 Å². The maximum Gasteiger partial charge on any atom is 0.298 e. The van der Waals surface area contributed by atoms with Gasteiger partial charge in [0.25, 0.3) is 11.1 Å². The van der Waals surface area contributed by atoms with Gasteiger partial charge in [0.2, 0.25) is 0 Å². The molecule has 5 nitrogen and oxygen atoms in total. The van der Waals surface area contributed by atoms with Crippen molar-refractivity contribution in [2.45, 2.75) is 0 Å². The summed E-state index contributed by atoms with van der Waals surface area (Å²) in [5, 5.41) is 8.62. The van der Waals surface area contributed by atoms with Crippen molar-refractivity contribution in [3.05, 3.63) is 63.0 Å². The van der Waals surface area contributed by atoms with E-state index < -0.39 is 5.91 Å². The predicted molar refractivity (Wildman–Crippen MR) is 102 cm³/mol. The van der Waals surface area contributed by atoms with Crippen LogP contribution in [-0.2, 0) is 4.79 Å². The molecule has 1 aliphatic heterocycles. The van der Waals surface area contributed by atoms with Crippen molar-refractivity contribution in [2.75, 3.05) is 11.5 Å². The summed E-state index contributed by atoms with van der Waals surface area (Å²) >= 11 is 13.1. The SMILES string of the molecule is N#CCOc1c(Cl)cc(/C=C2\SC(=O)N(c3ccccc3)C2=O)cc1Cl. The largest absolute Gasteiger partial charge is 0.476 e. The first-order valence-corrected chi connectivity index (χ1v) is 8.90. The van der Waals surface area contributed by atoms with Gasteiger partial charge in [-0.25, -0.2) is 4.90 Å². The number of halogens is 2. The fourth-order valence-electron chi connectivity index (χ4n) is 2.32. The Hall–Kier alpha value is -2.46. The molecule has 1 fully saturated rings. The van der Waals surface area contributed by atoms with Crippen molar-refractivity contribution in [3.8, 4) is 11.8 Å². The molecule has 0 radical (unpaired) electrons. The number of imide groups is 1. The fraction of sp³-hybridized carbons (Fsp3) is 0.0556. The number of rotatable bonds is 4. The molecule has 0 N–H and O–H groups in total. The van der Waals surface area contributed by atoms with Crippen LogP contribution in [0.2, 0.25) is 10.0 Å². The van der Waals surface area contributed by atoms with Gasteiger partial charge in [-0.1, -0.05) is 41.4 Å². The van der Waals surface area contributed by atoms with Crippen LogP contribution in [0.25, 0.3) is 6.08 Å². The van der Waals surface area contributed by atoms with Crippen LogP contribution in [-0.4, -0.2) is 17.8 Å². The number of anilines is 1. The van der Waals surface area contributed by atoms with Crippen molar-refractivity contribution in [1.82, 2.24) is 0 Å². The lowest BCUT2D eigenvalue weighted by molar-refractivity contribution is -0.113. The van der Waals surface area contributed by atoms with Gasteiger partial charge in [0.15, 0.2) is 12.4 Å². The Labute approximate surface area is 163 Å². The summed E-state index contributed by atoms with van der Waals surface area (Å²) in [6.07, 6.45) is 1.54. The van der Waals surface area contributed by atoms with Gasteiger partial charge in [-0.15, -0.1) is 0 Å². The Morgan fingerprint density at radius 3 is 2.42 bits per heavy atom. The molecular formula is C18H10Cl2N2O3S. The Bertz CT molecular complexity index is 932. The van der Waals surface area contributed by atoms with Gasteiger partial charge in [0, 0.05) is 0 Å². The quantitative estimate of drug-likeness (QED) is 0.659. The van der Waals surface area contributed by atoms with Gasteiger partial charge < -0.3 is 4.74 Å². The van der Waals surface area contributed by atoms with Crippen molar-refractivity contribution < 1.29 is 14.3 Å². The van der Waals surface area contributed by atoms with Crippen molar-refractivity contribution >= 4 is 57.9 Å². The number of nitrogens with zero attached hydrogens (tertiary/aromatic N) is 2. The van der Waals surface area contributed by atoms with E-state index in [9.17, 15) is 9.59 Å². The molecule has 2 aromatic carbocycles. The molecule has 0 unspecified atom stereocenters. The number of carbonyl (C=O) groups excluding carboxylic acids is 2. The standard InChI is InChI=1S/C18H10Cl2N2O3S/c19-13-8-11(9-14(20)16(13)25-7-6-21)10-15-17(23)22(18(24)26-15)12-4-2-1-3-5-12/h1-5,8-10H,7H2/b15-10-. The third-order valence-electron chi connectivity index (χ3n) is 3.41. The van der Waals surface area contributed by atoms with E-state index in [-0.39, 0.29) is 32.5 Å². The minimum Gasteiger partial charge on any atom is -0.476 e. The molecule has 130 valence electrons. The topological polar surface area (TPSA) is 70.4 Å². The second-order valence-electron chi connectivity index (χ2n) is 5.11. The van der Waals surface area contributed by atoms with E-state index >= 15 is 0 Å². The molecule has 0 spiro atoms. The van der Waals surface area contributed by atoms with Crippen LogP contribution < -0.4 is 9.64 Å². The molecule has 0 atom stereocenters. The van der Waals surface area contributed by atoms with Crippen molar-refractivity contribution in [3.63, 3.8) is 0 Å². The first kappa shape index (κ1) is 18.3. The number of hydrogen-bond acceptors (Lipinski definition) is 5. The van der Waals surface area contributed by atoms with Gasteiger partial charge in [0.05, 0.1) is 20.6 Å². The Morgan fingerprint density at radius 1 is 1.15 bits per heavy atom. The van der Waals surface area contributed by atoms with E-state index in [1.54, 1.807) is 48.5 Å². The van der Waals surface area contributed by atoms with Gasteiger partial charge in [-0.2, -0.15) is 5.26 Å². The normalized spacial score (nSPS) is 15.4. The Balaban J connectivity index is 1.90. The average molecular weight is 405 g/mol. The lowest BCUT2D eigenvalue weighted by atomic mass is 10.2. The van der Waals surface area contributed by atoms with Gasteiger partial charge in [-0.05, 0) is 47.7 Å². The van der Waals surface area contributed by atoms with Crippen molar-refractivity contribution in [1.29, 1.82) is 5.26 Å². The van der Waals surface area contributed by atoms with Gasteiger partial charge >= 0.3 is 0 Å².